The van der Waals surface area contributed by atoms with Gasteiger partial charge in [-0.1, -0.05) is 12.8 Å². The second kappa shape index (κ2) is 6.01. The molecule has 1 aliphatic rings. The van der Waals surface area contributed by atoms with Crippen LogP contribution in [-0.2, 0) is 10.0 Å². The van der Waals surface area contributed by atoms with Gasteiger partial charge < -0.3 is 5.32 Å². The number of alkyl halides is 3. The van der Waals surface area contributed by atoms with Crippen LogP contribution in [0.4, 0.5) is 13.2 Å². The third-order valence-electron chi connectivity index (χ3n) is 2.74. The van der Waals surface area contributed by atoms with Crippen LogP contribution in [0.3, 0.4) is 0 Å². The van der Waals surface area contributed by atoms with Crippen LogP contribution in [0.25, 0.3) is 0 Å². The Labute approximate surface area is 99.0 Å². The van der Waals surface area contributed by atoms with Gasteiger partial charge in [-0.05, 0) is 25.8 Å². The summed E-state index contributed by atoms with van der Waals surface area (Å²) in [6.07, 6.45) is 4.89. The van der Waals surface area contributed by atoms with Crippen molar-refractivity contribution in [2.45, 2.75) is 43.7 Å². The molecule has 0 aromatic rings. The summed E-state index contributed by atoms with van der Waals surface area (Å²) in [5, 5.41) is 3.19. The molecule has 0 heterocycles. The van der Waals surface area contributed by atoms with E-state index in [-0.39, 0.29) is 6.54 Å². The minimum Gasteiger partial charge on any atom is -0.314 e. The summed E-state index contributed by atoms with van der Waals surface area (Å²) in [6.45, 7) is 0.340. The Kier molecular flexibility index (Phi) is 5.21. The van der Waals surface area contributed by atoms with Crippen molar-refractivity contribution in [3.8, 4) is 0 Å². The van der Waals surface area contributed by atoms with Gasteiger partial charge in [0.25, 0.3) is 0 Å². The standard InChI is InChI=1S/C9H17F3N2O2S/c10-9(11,12)17(15,16)14-7-3-6-13-8-4-1-2-5-8/h8,13-14H,1-7H2. The molecule has 1 rings (SSSR count). The lowest BCUT2D eigenvalue weighted by Crippen LogP contribution is -2.38. The van der Waals surface area contributed by atoms with Crippen molar-refractivity contribution in [3.05, 3.63) is 0 Å². The fraction of sp³-hybridized carbons (Fsp3) is 1.00. The van der Waals surface area contributed by atoms with Crippen LogP contribution in [0.15, 0.2) is 0 Å². The maximum Gasteiger partial charge on any atom is 0.511 e. The Morgan fingerprint density at radius 3 is 2.24 bits per heavy atom. The van der Waals surface area contributed by atoms with Gasteiger partial charge in [0.15, 0.2) is 0 Å². The van der Waals surface area contributed by atoms with Gasteiger partial charge in [-0.15, -0.1) is 0 Å². The van der Waals surface area contributed by atoms with Crippen molar-refractivity contribution in [2.24, 2.45) is 0 Å². The van der Waals surface area contributed by atoms with Crippen LogP contribution in [0.5, 0.6) is 0 Å². The molecule has 1 aliphatic carbocycles. The molecule has 8 heteroatoms. The summed E-state index contributed by atoms with van der Waals surface area (Å²) >= 11 is 0. The zero-order valence-electron chi connectivity index (χ0n) is 9.39. The lowest BCUT2D eigenvalue weighted by atomic mass is 10.2. The quantitative estimate of drug-likeness (QED) is 0.719. The lowest BCUT2D eigenvalue weighted by molar-refractivity contribution is -0.0447. The van der Waals surface area contributed by atoms with Crippen molar-refractivity contribution in [3.63, 3.8) is 0 Å². The van der Waals surface area contributed by atoms with Gasteiger partial charge in [-0.3, -0.25) is 0 Å². The SMILES string of the molecule is O=S(=O)(NCCCNC1CCCC1)C(F)(F)F. The van der Waals surface area contributed by atoms with Crippen LogP contribution < -0.4 is 10.0 Å². The number of hydrogen-bond acceptors (Lipinski definition) is 3. The molecule has 1 saturated carbocycles. The lowest BCUT2D eigenvalue weighted by Gasteiger charge is -2.12. The average Bonchev–Trinajstić information content (AvgIpc) is 2.68. The molecule has 0 aliphatic heterocycles. The molecule has 0 atom stereocenters. The van der Waals surface area contributed by atoms with E-state index in [1.807, 2.05) is 0 Å². The highest BCUT2D eigenvalue weighted by molar-refractivity contribution is 7.90. The monoisotopic (exact) mass is 274 g/mol. The minimum absolute atomic E-state index is 0.193. The number of nitrogens with one attached hydrogen (secondary N) is 2. The Hall–Kier alpha value is -0.340. The van der Waals surface area contributed by atoms with Crippen LogP contribution >= 0.6 is 0 Å². The molecule has 0 saturated heterocycles. The smallest absolute Gasteiger partial charge is 0.314 e. The normalized spacial score (nSPS) is 18.8. The van der Waals surface area contributed by atoms with E-state index in [1.54, 1.807) is 0 Å². The number of hydrogen-bond donors (Lipinski definition) is 2. The van der Waals surface area contributed by atoms with Crippen molar-refractivity contribution in [1.29, 1.82) is 0 Å². The van der Waals surface area contributed by atoms with Crippen molar-refractivity contribution < 1.29 is 21.6 Å². The maximum atomic E-state index is 11.9. The molecule has 0 amide bonds. The number of sulfonamides is 1. The van der Waals surface area contributed by atoms with E-state index in [4.69, 9.17) is 0 Å². The predicted octanol–water partition coefficient (Wildman–Crippen LogP) is 1.35. The van der Waals surface area contributed by atoms with E-state index in [2.05, 4.69) is 5.32 Å². The largest absolute Gasteiger partial charge is 0.511 e. The van der Waals surface area contributed by atoms with E-state index < -0.39 is 15.5 Å². The first-order valence-corrected chi connectivity index (χ1v) is 7.10. The summed E-state index contributed by atoms with van der Waals surface area (Å²) in [4.78, 5) is 0. The first-order valence-electron chi connectivity index (χ1n) is 5.62. The predicted molar refractivity (Wildman–Crippen MR) is 57.9 cm³/mol. The molecule has 0 radical (unpaired) electrons. The topological polar surface area (TPSA) is 58.2 Å². The van der Waals surface area contributed by atoms with Crippen LogP contribution in [0.2, 0.25) is 0 Å². The van der Waals surface area contributed by atoms with Crippen LogP contribution in [0, 0.1) is 0 Å². The van der Waals surface area contributed by atoms with Gasteiger partial charge in [0.05, 0.1) is 0 Å². The Bertz CT molecular complexity index is 324. The molecule has 102 valence electrons. The summed E-state index contributed by atoms with van der Waals surface area (Å²) in [7, 11) is -5.18. The molecule has 0 bridgehead atoms. The zero-order chi connectivity index (χ0) is 12.9. The van der Waals surface area contributed by atoms with Crippen molar-refractivity contribution >= 4 is 10.0 Å². The zero-order valence-corrected chi connectivity index (χ0v) is 10.2. The Morgan fingerprint density at radius 2 is 1.71 bits per heavy atom. The second-order valence-electron chi connectivity index (χ2n) is 4.13. The van der Waals surface area contributed by atoms with Gasteiger partial charge in [-0.2, -0.15) is 13.2 Å². The van der Waals surface area contributed by atoms with Gasteiger partial charge in [0.1, 0.15) is 0 Å². The molecular formula is C9H17F3N2O2S. The Morgan fingerprint density at radius 1 is 1.12 bits per heavy atom. The van der Waals surface area contributed by atoms with E-state index in [1.165, 1.54) is 17.6 Å². The van der Waals surface area contributed by atoms with E-state index in [0.717, 1.165) is 12.8 Å². The second-order valence-corrected chi connectivity index (χ2v) is 5.89. The van der Waals surface area contributed by atoms with Gasteiger partial charge in [0, 0.05) is 12.6 Å². The molecular weight excluding hydrogens is 257 g/mol. The third-order valence-corrected chi connectivity index (χ3v) is 3.93. The van der Waals surface area contributed by atoms with Gasteiger partial charge in [-0.25, -0.2) is 13.1 Å². The molecule has 1 fully saturated rings. The molecule has 4 nitrogen and oxygen atoms in total. The van der Waals surface area contributed by atoms with Crippen LogP contribution in [-0.4, -0.2) is 33.1 Å². The summed E-state index contributed by atoms with van der Waals surface area (Å²) < 4.78 is 58.5. The van der Waals surface area contributed by atoms with Crippen LogP contribution in [0.1, 0.15) is 32.1 Å². The molecule has 0 aromatic heterocycles. The highest BCUT2D eigenvalue weighted by Crippen LogP contribution is 2.21. The fourth-order valence-corrected chi connectivity index (χ4v) is 2.39. The summed E-state index contributed by atoms with van der Waals surface area (Å²) in [5.41, 5.74) is -5.22. The van der Waals surface area contributed by atoms with Crippen molar-refractivity contribution in [2.75, 3.05) is 13.1 Å². The third kappa shape index (κ3) is 4.81. The average molecular weight is 274 g/mol. The maximum absolute atomic E-state index is 11.9. The molecule has 0 spiro atoms. The first kappa shape index (κ1) is 14.7. The highest BCUT2D eigenvalue weighted by Gasteiger charge is 2.45. The van der Waals surface area contributed by atoms with Crippen molar-refractivity contribution in [1.82, 2.24) is 10.0 Å². The molecule has 2 N–H and O–H groups in total. The van der Waals surface area contributed by atoms with E-state index in [0.29, 0.717) is 19.0 Å². The minimum atomic E-state index is -5.22. The van der Waals surface area contributed by atoms with E-state index >= 15 is 0 Å². The van der Waals surface area contributed by atoms with Gasteiger partial charge >= 0.3 is 15.5 Å². The molecule has 0 aromatic carbocycles. The fourth-order valence-electron chi connectivity index (χ4n) is 1.81. The van der Waals surface area contributed by atoms with Gasteiger partial charge in [0.2, 0.25) is 0 Å². The molecule has 17 heavy (non-hydrogen) atoms. The number of rotatable bonds is 6. The van der Waals surface area contributed by atoms with E-state index in [9.17, 15) is 21.6 Å². The summed E-state index contributed by atoms with van der Waals surface area (Å²) in [6, 6.07) is 0.439. The summed E-state index contributed by atoms with van der Waals surface area (Å²) in [5.74, 6) is 0. The highest BCUT2D eigenvalue weighted by atomic mass is 32.2. The Balaban J connectivity index is 2.11. The number of halogens is 3. The molecule has 0 unspecified atom stereocenters. The first-order chi connectivity index (χ1) is 7.83.